The zero-order valence-corrected chi connectivity index (χ0v) is 2.64. The average molecular weight is 78.1 g/mol. The molecule has 0 atom stereocenters. The van der Waals surface area contributed by atoms with E-state index in [1.807, 2.05) is 5.48 Å². The Kier molecular flexibility index (Phi) is 3.72. The average Bonchev–Trinajstić information content (AvgIpc) is 1.41. The van der Waals surface area contributed by atoms with Gasteiger partial charge in [0.2, 0.25) is 0 Å². The van der Waals surface area contributed by atoms with E-state index in [0.717, 1.165) is 0 Å². The van der Waals surface area contributed by atoms with Crippen LogP contribution in [-0.4, -0.2) is 11.9 Å². The normalized spacial score (nSPS) is 8.40. The van der Waals surface area contributed by atoms with E-state index in [-0.39, 0.29) is 6.67 Å². The Balaban J connectivity index is 2.19. The molecule has 0 spiro atoms. The fourth-order valence-electron chi connectivity index (χ4n) is 0.0373. The summed E-state index contributed by atoms with van der Waals surface area (Å²) < 4.78 is 0. The van der Waals surface area contributed by atoms with Crippen molar-refractivity contribution in [3.63, 3.8) is 0 Å². The SMILES string of the molecule is NCNOO. The van der Waals surface area contributed by atoms with Crippen molar-refractivity contribution in [2.45, 2.75) is 0 Å². The van der Waals surface area contributed by atoms with Gasteiger partial charge >= 0.3 is 0 Å². The summed E-state index contributed by atoms with van der Waals surface area (Å²) in [6, 6.07) is 0. The maximum absolute atomic E-state index is 7.38. The second kappa shape index (κ2) is 3.84. The third-order valence-electron chi connectivity index (χ3n) is 0.148. The van der Waals surface area contributed by atoms with Gasteiger partial charge in [0.05, 0.1) is 6.67 Å². The molecular formula is CH6N2O2. The molecule has 0 heterocycles. The molecule has 0 bridgehead atoms. The predicted octanol–water partition coefficient (Wildman–Crippen LogP) is -1.10. The third-order valence-corrected chi connectivity index (χ3v) is 0.148. The Labute approximate surface area is 29.4 Å². The van der Waals surface area contributed by atoms with Crippen LogP contribution in [0.25, 0.3) is 0 Å². The molecule has 0 unspecified atom stereocenters. The van der Waals surface area contributed by atoms with Crippen LogP contribution in [0, 0.1) is 0 Å². The van der Waals surface area contributed by atoms with Crippen LogP contribution in [0.1, 0.15) is 0 Å². The maximum Gasteiger partial charge on any atom is 0.0705 e. The zero-order valence-electron chi connectivity index (χ0n) is 2.64. The molecule has 4 heteroatoms. The minimum atomic E-state index is 0.122. The number of nitrogens with one attached hydrogen (secondary N) is 1. The number of rotatable bonds is 2. The summed E-state index contributed by atoms with van der Waals surface area (Å²) in [4.78, 5) is 3.32. The van der Waals surface area contributed by atoms with Crippen molar-refractivity contribution in [3.05, 3.63) is 0 Å². The van der Waals surface area contributed by atoms with Gasteiger partial charge in [0.1, 0.15) is 0 Å². The highest BCUT2D eigenvalue weighted by Crippen LogP contribution is 1.37. The predicted molar refractivity (Wildman–Crippen MR) is 15.9 cm³/mol. The quantitative estimate of drug-likeness (QED) is 0.223. The Morgan fingerprint density at radius 1 is 2.00 bits per heavy atom. The molecule has 0 saturated heterocycles. The highest BCUT2D eigenvalue weighted by molar-refractivity contribution is 4.01. The van der Waals surface area contributed by atoms with Crippen LogP contribution in [0.2, 0.25) is 0 Å². The molecule has 0 amide bonds. The van der Waals surface area contributed by atoms with Crippen LogP contribution in [0.4, 0.5) is 0 Å². The second-order valence-corrected chi connectivity index (χ2v) is 0.440. The molecule has 32 valence electrons. The van der Waals surface area contributed by atoms with E-state index >= 15 is 0 Å². The Bertz CT molecular complexity index is 15.1. The molecule has 0 aromatic carbocycles. The smallest absolute Gasteiger partial charge is 0.0705 e. The van der Waals surface area contributed by atoms with Crippen LogP contribution in [0.3, 0.4) is 0 Å². The molecule has 0 fully saturated rings. The molecule has 4 N–H and O–H groups in total. The van der Waals surface area contributed by atoms with E-state index in [0.29, 0.717) is 0 Å². The first-order valence-electron chi connectivity index (χ1n) is 1.15. The lowest BCUT2D eigenvalue weighted by Gasteiger charge is -1.85. The summed E-state index contributed by atoms with van der Waals surface area (Å²) >= 11 is 0. The minimum Gasteiger partial charge on any atom is -0.317 e. The maximum atomic E-state index is 7.38. The van der Waals surface area contributed by atoms with Crippen LogP contribution in [0.5, 0.6) is 0 Å². The Hall–Kier alpha value is -0.160. The molecule has 0 aromatic rings. The summed E-state index contributed by atoms with van der Waals surface area (Å²) in [6.07, 6.45) is 0. The molecule has 0 aromatic heterocycles. The van der Waals surface area contributed by atoms with Crippen molar-refractivity contribution >= 4 is 0 Å². The first kappa shape index (κ1) is 4.84. The van der Waals surface area contributed by atoms with E-state index in [2.05, 4.69) is 4.99 Å². The Morgan fingerprint density at radius 2 is 2.60 bits per heavy atom. The van der Waals surface area contributed by atoms with Crippen LogP contribution in [-0.2, 0) is 4.99 Å². The summed E-state index contributed by atoms with van der Waals surface area (Å²) in [5.74, 6) is 0. The molecular weight excluding hydrogens is 72.0 g/mol. The van der Waals surface area contributed by atoms with Gasteiger partial charge in [0.25, 0.3) is 0 Å². The van der Waals surface area contributed by atoms with Crippen molar-refractivity contribution in [3.8, 4) is 0 Å². The van der Waals surface area contributed by atoms with Gasteiger partial charge < -0.3 is 5.73 Å². The number of hydroxylamine groups is 1. The van der Waals surface area contributed by atoms with Crippen molar-refractivity contribution in [2.24, 2.45) is 5.73 Å². The molecule has 0 aliphatic carbocycles. The van der Waals surface area contributed by atoms with Crippen molar-refractivity contribution < 1.29 is 10.2 Å². The molecule has 0 radical (unpaired) electrons. The molecule has 5 heavy (non-hydrogen) atoms. The van der Waals surface area contributed by atoms with Crippen molar-refractivity contribution in [2.75, 3.05) is 6.67 Å². The van der Waals surface area contributed by atoms with Gasteiger partial charge in [-0.15, -0.1) is 4.99 Å². The van der Waals surface area contributed by atoms with E-state index < -0.39 is 0 Å². The van der Waals surface area contributed by atoms with E-state index in [9.17, 15) is 0 Å². The molecule has 4 nitrogen and oxygen atoms in total. The van der Waals surface area contributed by atoms with Gasteiger partial charge in [-0.2, -0.15) is 5.48 Å². The van der Waals surface area contributed by atoms with Crippen LogP contribution < -0.4 is 11.2 Å². The number of hydrogen-bond donors (Lipinski definition) is 3. The van der Waals surface area contributed by atoms with Gasteiger partial charge in [-0.1, -0.05) is 0 Å². The number of nitrogens with two attached hydrogens (primary N) is 1. The first-order chi connectivity index (χ1) is 2.41. The topological polar surface area (TPSA) is 67.5 Å². The fourth-order valence-corrected chi connectivity index (χ4v) is 0.0373. The minimum absolute atomic E-state index is 0.122. The van der Waals surface area contributed by atoms with Crippen LogP contribution in [0.15, 0.2) is 0 Å². The standard InChI is InChI=1S/CH6N2O2/c2-1-3-5-4/h3-4H,1-2H2. The summed E-state index contributed by atoms with van der Waals surface area (Å²) in [7, 11) is 0. The third kappa shape index (κ3) is 3.84. The van der Waals surface area contributed by atoms with Gasteiger partial charge in [-0.05, 0) is 0 Å². The summed E-state index contributed by atoms with van der Waals surface area (Å²) in [5, 5.41) is 7.38. The monoisotopic (exact) mass is 78.0 g/mol. The largest absolute Gasteiger partial charge is 0.317 e. The van der Waals surface area contributed by atoms with Gasteiger partial charge in [0, 0.05) is 0 Å². The lowest BCUT2D eigenvalue weighted by atomic mass is 11.3. The fraction of sp³-hybridized carbons (Fsp3) is 1.00. The number of hydrogen-bond acceptors (Lipinski definition) is 4. The van der Waals surface area contributed by atoms with E-state index in [1.165, 1.54) is 0 Å². The van der Waals surface area contributed by atoms with Crippen LogP contribution >= 0.6 is 0 Å². The van der Waals surface area contributed by atoms with E-state index in [4.69, 9.17) is 11.0 Å². The second-order valence-electron chi connectivity index (χ2n) is 0.440. The molecule has 0 saturated carbocycles. The summed E-state index contributed by atoms with van der Waals surface area (Å²) in [6.45, 7) is 0.122. The lowest BCUT2D eigenvalue weighted by Crippen LogP contribution is -2.20. The molecule has 0 aliphatic heterocycles. The first-order valence-corrected chi connectivity index (χ1v) is 1.15. The lowest BCUT2D eigenvalue weighted by molar-refractivity contribution is -0.291. The van der Waals surface area contributed by atoms with Gasteiger partial charge in [0.15, 0.2) is 0 Å². The zero-order chi connectivity index (χ0) is 4.12. The van der Waals surface area contributed by atoms with Gasteiger partial charge in [-0.3, -0.25) is 0 Å². The van der Waals surface area contributed by atoms with Crippen molar-refractivity contribution in [1.29, 1.82) is 0 Å². The summed E-state index contributed by atoms with van der Waals surface area (Å²) in [5.41, 5.74) is 6.69. The Morgan fingerprint density at radius 3 is 2.60 bits per heavy atom. The van der Waals surface area contributed by atoms with Crippen molar-refractivity contribution in [1.82, 2.24) is 5.48 Å². The van der Waals surface area contributed by atoms with Gasteiger partial charge in [-0.25, -0.2) is 5.26 Å². The van der Waals surface area contributed by atoms with E-state index in [1.54, 1.807) is 0 Å². The highest BCUT2D eigenvalue weighted by atomic mass is 17.2. The molecule has 0 rings (SSSR count). The molecule has 0 aliphatic rings. The highest BCUT2D eigenvalue weighted by Gasteiger charge is 1.62.